The van der Waals surface area contributed by atoms with Crippen LogP contribution in [-0.4, -0.2) is 22.2 Å². The first-order valence-corrected chi connectivity index (χ1v) is 5.41. The van der Waals surface area contributed by atoms with Gasteiger partial charge in [0.15, 0.2) is 6.10 Å². The quantitative estimate of drug-likeness (QED) is 0.786. The summed E-state index contributed by atoms with van der Waals surface area (Å²) in [6, 6.07) is 6.55. The molecule has 0 aliphatic rings. The molecule has 0 spiro atoms. The smallest absolute Gasteiger partial charge is 0.425 e. The zero-order valence-electron chi connectivity index (χ0n) is 9.20. The Balaban J connectivity index is 2.44. The number of nitrogens with zero attached hydrogens (tertiary/aromatic N) is 2. The molecule has 1 aromatic heterocycles. The minimum Gasteiger partial charge on any atom is -0.464 e. The highest BCUT2D eigenvalue weighted by molar-refractivity contribution is 6.28. The van der Waals surface area contributed by atoms with Gasteiger partial charge in [-0.2, -0.15) is 18.2 Å². The van der Waals surface area contributed by atoms with Crippen molar-refractivity contribution < 1.29 is 17.9 Å². The number of benzene rings is 1. The number of para-hydroxylation sites is 1. The summed E-state index contributed by atoms with van der Waals surface area (Å²) in [5.74, 6) is -0.171. The van der Waals surface area contributed by atoms with Crippen LogP contribution in [0, 0.1) is 0 Å². The number of fused-ring (bicyclic) bond motifs is 1. The highest BCUT2D eigenvalue weighted by Crippen LogP contribution is 2.29. The van der Waals surface area contributed by atoms with Gasteiger partial charge in [0.25, 0.3) is 0 Å². The van der Waals surface area contributed by atoms with Crippen LogP contribution >= 0.6 is 11.6 Å². The largest absolute Gasteiger partial charge is 0.464 e. The highest BCUT2D eigenvalue weighted by atomic mass is 35.5. The Bertz CT molecular complexity index is 574. The second kappa shape index (κ2) is 4.61. The van der Waals surface area contributed by atoms with Gasteiger partial charge in [-0.3, -0.25) is 0 Å². The topological polar surface area (TPSA) is 35.0 Å². The third-order valence-electron chi connectivity index (χ3n) is 2.29. The molecule has 1 heterocycles. The van der Waals surface area contributed by atoms with E-state index in [4.69, 9.17) is 16.3 Å². The summed E-state index contributed by atoms with van der Waals surface area (Å²) in [6.07, 6.45) is -6.43. The minimum atomic E-state index is -4.46. The lowest BCUT2D eigenvalue weighted by atomic mass is 10.2. The average molecular weight is 277 g/mol. The SMILES string of the molecule is CC(Oc1nc(Cl)nc2ccccc12)C(F)(F)F. The van der Waals surface area contributed by atoms with Gasteiger partial charge in [-0.05, 0) is 30.7 Å². The molecule has 96 valence electrons. The van der Waals surface area contributed by atoms with Crippen molar-refractivity contribution in [2.24, 2.45) is 0 Å². The predicted octanol–water partition coefficient (Wildman–Crippen LogP) is 3.61. The molecule has 0 saturated carbocycles. The van der Waals surface area contributed by atoms with Crippen molar-refractivity contribution in [2.75, 3.05) is 0 Å². The van der Waals surface area contributed by atoms with E-state index >= 15 is 0 Å². The van der Waals surface area contributed by atoms with Crippen LogP contribution in [0.3, 0.4) is 0 Å². The number of alkyl halides is 3. The molecule has 0 bridgehead atoms. The molecule has 18 heavy (non-hydrogen) atoms. The Morgan fingerprint density at radius 1 is 1.22 bits per heavy atom. The molecule has 2 aromatic rings. The van der Waals surface area contributed by atoms with Gasteiger partial charge in [0.2, 0.25) is 11.2 Å². The number of rotatable bonds is 2. The van der Waals surface area contributed by atoms with E-state index in [2.05, 4.69) is 9.97 Å². The molecule has 0 amide bonds. The molecular formula is C11H8ClF3N2O. The fourth-order valence-corrected chi connectivity index (χ4v) is 1.51. The standard InChI is InChI=1S/C11H8ClF3N2O/c1-6(11(13,14)15)18-9-7-4-2-3-5-8(7)16-10(12)17-9/h2-6H,1H3. The van der Waals surface area contributed by atoms with Crippen molar-refractivity contribution in [1.82, 2.24) is 9.97 Å². The van der Waals surface area contributed by atoms with Crippen molar-refractivity contribution in [3.63, 3.8) is 0 Å². The molecule has 0 N–H and O–H groups in total. The van der Waals surface area contributed by atoms with E-state index in [-0.39, 0.29) is 11.2 Å². The van der Waals surface area contributed by atoms with E-state index in [0.717, 1.165) is 6.92 Å². The monoisotopic (exact) mass is 276 g/mol. The summed E-state index contributed by atoms with van der Waals surface area (Å²) in [7, 11) is 0. The van der Waals surface area contributed by atoms with Crippen molar-refractivity contribution in [3.8, 4) is 5.88 Å². The summed E-state index contributed by atoms with van der Waals surface area (Å²) >= 11 is 5.64. The molecular weight excluding hydrogens is 269 g/mol. The van der Waals surface area contributed by atoms with Crippen LogP contribution in [0.4, 0.5) is 13.2 Å². The third-order valence-corrected chi connectivity index (χ3v) is 2.46. The van der Waals surface area contributed by atoms with Crippen molar-refractivity contribution in [1.29, 1.82) is 0 Å². The molecule has 7 heteroatoms. The normalized spacial score (nSPS) is 13.6. The maximum Gasteiger partial charge on any atom is 0.425 e. The van der Waals surface area contributed by atoms with Gasteiger partial charge in [0.1, 0.15) is 0 Å². The Hall–Kier alpha value is -1.56. The van der Waals surface area contributed by atoms with Crippen molar-refractivity contribution in [2.45, 2.75) is 19.2 Å². The second-order valence-corrected chi connectivity index (χ2v) is 3.95. The van der Waals surface area contributed by atoms with Gasteiger partial charge in [-0.1, -0.05) is 12.1 Å². The first-order valence-electron chi connectivity index (χ1n) is 5.03. The first-order chi connectivity index (χ1) is 8.38. The Kier molecular flexibility index (Phi) is 3.30. The predicted molar refractivity (Wildman–Crippen MR) is 60.7 cm³/mol. The second-order valence-electron chi connectivity index (χ2n) is 3.62. The van der Waals surface area contributed by atoms with Gasteiger partial charge >= 0.3 is 6.18 Å². The van der Waals surface area contributed by atoms with Crippen LogP contribution in [0.1, 0.15) is 6.92 Å². The van der Waals surface area contributed by atoms with Crippen LogP contribution in [0.5, 0.6) is 5.88 Å². The van der Waals surface area contributed by atoms with E-state index in [0.29, 0.717) is 10.9 Å². The van der Waals surface area contributed by atoms with Gasteiger partial charge in [0.05, 0.1) is 10.9 Å². The van der Waals surface area contributed by atoms with Gasteiger partial charge in [-0.25, -0.2) is 4.98 Å². The van der Waals surface area contributed by atoms with Crippen molar-refractivity contribution in [3.05, 3.63) is 29.5 Å². The first kappa shape index (κ1) is 12.9. The van der Waals surface area contributed by atoms with Gasteiger partial charge in [0, 0.05) is 0 Å². The summed E-state index contributed by atoms with van der Waals surface area (Å²) < 4.78 is 42.1. The van der Waals surface area contributed by atoms with Gasteiger partial charge < -0.3 is 4.74 Å². The lowest BCUT2D eigenvalue weighted by molar-refractivity contribution is -0.189. The van der Waals surface area contributed by atoms with Crippen LogP contribution in [0.25, 0.3) is 10.9 Å². The number of ether oxygens (including phenoxy) is 1. The summed E-state index contributed by atoms with van der Waals surface area (Å²) in [5, 5.41) is 0.232. The van der Waals surface area contributed by atoms with E-state index in [1.807, 2.05) is 0 Å². The average Bonchev–Trinajstić information content (AvgIpc) is 2.27. The minimum absolute atomic E-state index is 0.155. The molecule has 1 atom stereocenters. The molecule has 2 rings (SSSR count). The van der Waals surface area contributed by atoms with Crippen LogP contribution < -0.4 is 4.74 Å². The van der Waals surface area contributed by atoms with E-state index < -0.39 is 12.3 Å². The lowest BCUT2D eigenvalue weighted by Gasteiger charge is -2.17. The molecule has 3 nitrogen and oxygen atoms in total. The number of hydrogen-bond donors (Lipinski definition) is 0. The molecule has 0 radical (unpaired) electrons. The highest BCUT2D eigenvalue weighted by Gasteiger charge is 2.38. The Morgan fingerprint density at radius 3 is 2.56 bits per heavy atom. The molecule has 1 aromatic carbocycles. The number of hydrogen-bond acceptors (Lipinski definition) is 3. The van der Waals surface area contributed by atoms with Crippen molar-refractivity contribution >= 4 is 22.5 Å². The lowest BCUT2D eigenvalue weighted by Crippen LogP contribution is -2.31. The third kappa shape index (κ3) is 2.64. The Labute approximate surface area is 106 Å². The maximum absolute atomic E-state index is 12.4. The molecule has 0 saturated heterocycles. The zero-order valence-corrected chi connectivity index (χ0v) is 9.96. The Morgan fingerprint density at radius 2 is 1.89 bits per heavy atom. The van der Waals surface area contributed by atoms with Crippen LogP contribution in [-0.2, 0) is 0 Å². The van der Waals surface area contributed by atoms with E-state index in [9.17, 15) is 13.2 Å². The molecule has 0 fully saturated rings. The summed E-state index contributed by atoms with van der Waals surface area (Å²) in [4.78, 5) is 7.59. The number of aromatic nitrogens is 2. The fourth-order valence-electron chi connectivity index (χ4n) is 1.34. The fraction of sp³-hybridized carbons (Fsp3) is 0.273. The maximum atomic E-state index is 12.4. The summed E-state index contributed by atoms with van der Waals surface area (Å²) in [6.45, 7) is 0.908. The summed E-state index contributed by atoms with van der Waals surface area (Å²) in [5.41, 5.74) is 0.432. The molecule has 0 aliphatic carbocycles. The van der Waals surface area contributed by atoms with Crippen LogP contribution in [0.2, 0.25) is 5.28 Å². The molecule has 0 aliphatic heterocycles. The molecule has 1 unspecified atom stereocenters. The zero-order chi connectivity index (χ0) is 13.3. The van der Waals surface area contributed by atoms with Crippen LogP contribution in [0.15, 0.2) is 24.3 Å². The van der Waals surface area contributed by atoms with E-state index in [1.54, 1.807) is 24.3 Å². The van der Waals surface area contributed by atoms with E-state index in [1.165, 1.54) is 0 Å². The number of halogens is 4. The van der Waals surface area contributed by atoms with Gasteiger partial charge in [-0.15, -0.1) is 0 Å².